The summed E-state index contributed by atoms with van der Waals surface area (Å²) in [5, 5.41) is 19.9. The van der Waals surface area contributed by atoms with E-state index < -0.39 is 12.1 Å². The summed E-state index contributed by atoms with van der Waals surface area (Å²) < 4.78 is 5.45. The lowest BCUT2D eigenvalue weighted by Gasteiger charge is -2.10. The number of aliphatic hydroxyl groups excluding tert-OH is 1. The number of rotatable bonds is 8. The highest BCUT2D eigenvalue weighted by Crippen LogP contribution is 2.19. The minimum atomic E-state index is -1.57. The number of benzene rings is 1. The van der Waals surface area contributed by atoms with Crippen LogP contribution in [0, 0.1) is 0 Å². The second-order valence-electron chi connectivity index (χ2n) is 4.20. The average Bonchev–Trinajstić information content (AvgIpc) is 2.44. The second-order valence-corrected chi connectivity index (χ2v) is 4.20. The van der Waals surface area contributed by atoms with Crippen LogP contribution in [0.2, 0.25) is 0 Å². The molecule has 0 aliphatic rings. The molecular weight excluding hydrogens is 262 g/mol. The third-order valence-electron chi connectivity index (χ3n) is 2.67. The van der Waals surface area contributed by atoms with Crippen LogP contribution >= 0.6 is 0 Å². The van der Waals surface area contributed by atoms with Gasteiger partial charge in [-0.25, -0.2) is 4.79 Å². The number of ether oxygens (including phenoxy) is 1. The van der Waals surface area contributed by atoms with E-state index in [4.69, 9.17) is 14.9 Å². The number of carbonyl (C=O) groups excluding carboxylic acids is 1. The molecule has 0 saturated heterocycles. The lowest BCUT2D eigenvalue weighted by atomic mass is 10.1. The van der Waals surface area contributed by atoms with Crippen molar-refractivity contribution in [3.63, 3.8) is 0 Å². The zero-order chi connectivity index (χ0) is 15.0. The standard InChI is InChI=1S/C14H19NO5/c1-2-20-12-6-4-3-5-10(12)7-8-13(17)15-9-11(16)14(18)19/h3-6,11,16H,2,7-9H2,1H3,(H,15,17)(H,18,19). The van der Waals surface area contributed by atoms with Crippen molar-refractivity contribution in [2.75, 3.05) is 13.2 Å². The summed E-state index contributed by atoms with van der Waals surface area (Å²) in [7, 11) is 0. The summed E-state index contributed by atoms with van der Waals surface area (Å²) in [6.45, 7) is 2.14. The maximum atomic E-state index is 11.6. The smallest absolute Gasteiger partial charge is 0.334 e. The number of hydrogen-bond donors (Lipinski definition) is 3. The van der Waals surface area contributed by atoms with Crippen LogP contribution in [0.5, 0.6) is 5.75 Å². The van der Waals surface area contributed by atoms with Crippen molar-refractivity contribution in [2.24, 2.45) is 0 Å². The number of aryl methyl sites for hydroxylation is 1. The van der Waals surface area contributed by atoms with E-state index in [0.29, 0.717) is 13.0 Å². The minimum absolute atomic E-state index is 0.205. The molecule has 0 bridgehead atoms. The van der Waals surface area contributed by atoms with Gasteiger partial charge in [0.15, 0.2) is 6.10 Å². The molecule has 6 heteroatoms. The second kappa shape index (κ2) is 8.16. The average molecular weight is 281 g/mol. The Kier molecular flexibility index (Phi) is 6.52. The van der Waals surface area contributed by atoms with Crippen LogP contribution in [-0.2, 0) is 16.0 Å². The van der Waals surface area contributed by atoms with Gasteiger partial charge in [0.25, 0.3) is 0 Å². The molecule has 1 amide bonds. The van der Waals surface area contributed by atoms with E-state index in [1.165, 1.54) is 0 Å². The molecular formula is C14H19NO5. The quantitative estimate of drug-likeness (QED) is 0.648. The zero-order valence-corrected chi connectivity index (χ0v) is 11.3. The van der Waals surface area contributed by atoms with Crippen LogP contribution in [0.1, 0.15) is 18.9 Å². The van der Waals surface area contributed by atoms with Crippen molar-refractivity contribution < 1.29 is 24.5 Å². The monoisotopic (exact) mass is 281 g/mol. The van der Waals surface area contributed by atoms with Gasteiger partial charge in [-0.05, 0) is 25.0 Å². The first kappa shape index (κ1) is 16.0. The van der Waals surface area contributed by atoms with Crippen LogP contribution in [-0.4, -0.2) is 41.3 Å². The Balaban J connectivity index is 2.43. The minimum Gasteiger partial charge on any atom is -0.494 e. The van der Waals surface area contributed by atoms with Gasteiger partial charge in [-0.15, -0.1) is 0 Å². The Bertz CT molecular complexity index is 461. The highest BCUT2D eigenvalue weighted by molar-refractivity contribution is 5.78. The molecule has 6 nitrogen and oxygen atoms in total. The summed E-state index contributed by atoms with van der Waals surface area (Å²) in [6.07, 6.45) is -0.878. The van der Waals surface area contributed by atoms with E-state index in [2.05, 4.69) is 5.32 Å². The molecule has 0 radical (unpaired) electrons. The fourth-order valence-corrected chi connectivity index (χ4v) is 1.64. The van der Waals surface area contributed by atoms with Crippen molar-refractivity contribution in [3.05, 3.63) is 29.8 Å². The number of hydrogen-bond acceptors (Lipinski definition) is 4. The van der Waals surface area contributed by atoms with E-state index in [1.54, 1.807) is 0 Å². The van der Waals surface area contributed by atoms with Gasteiger partial charge in [0, 0.05) is 6.42 Å². The van der Waals surface area contributed by atoms with Gasteiger partial charge < -0.3 is 20.3 Å². The Morgan fingerprint density at radius 1 is 1.35 bits per heavy atom. The van der Waals surface area contributed by atoms with Crippen molar-refractivity contribution in [1.82, 2.24) is 5.32 Å². The third-order valence-corrected chi connectivity index (χ3v) is 2.67. The first-order valence-corrected chi connectivity index (χ1v) is 6.42. The van der Waals surface area contributed by atoms with Crippen LogP contribution in [0.25, 0.3) is 0 Å². The molecule has 1 aromatic rings. The van der Waals surface area contributed by atoms with Gasteiger partial charge in [-0.2, -0.15) is 0 Å². The third kappa shape index (κ3) is 5.27. The fourth-order valence-electron chi connectivity index (χ4n) is 1.64. The number of carbonyl (C=O) groups is 2. The van der Waals surface area contributed by atoms with Crippen LogP contribution in [0.4, 0.5) is 0 Å². The summed E-state index contributed by atoms with van der Waals surface area (Å²) >= 11 is 0. The molecule has 1 atom stereocenters. The Labute approximate surface area is 117 Å². The molecule has 1 aromatic carbocycles. The number of carboxylic acid groups (broad SMARTS) is 1. The SMILES string of the molecule is CCOc1ccccc1CCC(=O)NCC(O)C(=O)O. The van der Waals surface area contributed by atoms with E-state index in [1.807, 2.05) is 31.2 Å². The maximum Gasteiger partial charge on any atom is 0.334 e. The predicted molar refractivity (Wildman–Crippen MR) is 72.6 cm³/mol. The number of aliphatic carboxylic acids is 1. The van der Waals surface area contributed by atoms with E-state index in [0.717, 1.165) is 11.3 Å². The topological polar surface area (TPSA) is 95.9 Å². The summed E-state index contributed by atoms with van der Waals surface area (Å²) in [4.78, 5) is 21.9. The number of amides is 1. The molecule has 0 aromatic heterocycles. The zero-order valence-electron chi connectivity index (χ0n) is 11.3. The molecule has 0 fully saturated rings. The Morgan fingerprint density at radius 3 is 2.70 bits per heavy atom. The first-order chi connectivity index (χ1) is 9.54. The van der Waals surface area contributed by atoms with E-state index in [9.17, 15) is 9.59 Å². The van der Waals surface area contributed by atoms with Gasteiger partial charge in [0.05, 0.1) is 13.2 Å². The molecule has 110 valence electrons. The van der Waals surface area contributed by atoms with Crippen molar-refractivity contribution in [3.8, 4) is 5.75 Å². The molecule has 1 unspecified atom stereocenters. The van der Waals surface area contributed by atoms with Gasteiger partial charge in [-0.1, -0.05) is 18.2 Å². The molecule has 20 heavy (non-hydrogen) atoms. The van der Waals surface area contributed by atoms with Crippen molar-refractivity contribution in [1.29, 1.82) is 0 Å². The van der Waals surface area contributed by atoms with E-state index in [-0.39, 0.29) is 18.9 Å². The van der Waals surface area contributed by atoms with Gasteiger partial charge >= 0.3 is 5.97 Å². The molecule has 0 aliphatic heterocycles. The molecule has 1 rings (SSSR count). The lowest BCUT2D eigenvalue weighted by molar-refractivity contribution is -0.146. The number of nitrogens with one attached hydrogen (secondary N) is 1. The number of carboxylic acids is 1. The largest absolute Gasteiger partial charge is 0.494 e. The fraction of sp³-hybridized carbons (Fsp3) is 0.429. The van der Waals surface area contributed by atoms with E-state index >= 15 is 0 Å². The van der Waals surface area contributed by atoms with Gasteiger partial charge in [0.1, 0.15) is 5.75 Å². The maximum absolute atomic E-state index is 11.6. The molecule has 0 saturated carbocycles. The predicted octanol–water partition coefficient (Wildman–Crippen LogP) is 0.580. The normalized spacial score (nSPS) is 11.7. The van der Waals surface area contributed by atoms with Crippen molar-refractivity contribution in [2.45, 2.75) is 25.9 Å². The molecule has 0 spiro atoms. The molecule has 0 heterocycles. The Morgan fingerprint density at radius 2 is 2.05 bits per heavy atom. The highest BCUT2D eigenvalue weighted by Gasteiger charge is 2.14. The highest BCUT2D eigenvalue weighted by atomic mass is 16.5. The summed E-state index contributed by atoms with van der Waals surface area (Å²) in [5.41, 5.74) is 0.920. The lowest BCUT2D eigenvalue weighted by Crippen LogP contribution is -2.36. The van der Waals surface area contributed by atoms with Gasteiger partial charge in [0.2, 0.25) is 5.91 Å². The van der Waals surface area contributed by atoms with Crippen LogP contribution < -0.4 is 10.1 Å². The summed E-state index contributed by atoms with van der Waals surface area (Å²) in [6, 6.07) is 7.44. The molecule has 0 aliphatic carbocycles. The van der Waals surface area contributed by atoms with Crippen LogP contribution in [0.3, 0.4) is 0 Å². The van der Waals surface area contributed by atoms with Crippen LogP contribution in [0.15, 0.2) is 24.3 Å². The number of para-hydroxylation sites is 1. The summed E-state index contributed by atoms with van der Waals surface area (Å²) in [5.74, 6) is -0.919. The van der Waals surface area contributed by atoms with Gasteiger partial charge in [-0.3, -0.25) is 4.79 Å². The van der Waals surface area contributed by atoms with Crippen molar-refractivity contribution >= 4 is 11.9 Å². The first-order valence-electron chi connectivity index (χ1n) is 6.42. The Hall–Kier alpha value is -2.08. The molecule has 3 N–H and O–H groups in total. The number of aliphatic hydroxyl groups is 1.